The second-order valence-electron chi connectivity index (χ2n) is 7.80. The number of hydrogen-bond acceptors (Lipinski definition) is 6. The Bertz CT molecular complexity index is 1140. The highest BCUT2D eigenvalue weighted by molar-refractivity contribution is 8.26. The molecule has 8 heteroatoms. The number of unbranched alkanes of at least 4 members (excludes halogenated alkanes) is 1. The van der Waals surface area contributed by atoms with E-state index in [9.17, 15) is 9.59 Å². The molecule has 2 aromatic carbocycles. The Morgan fingerprint density at radius 3 is 2.42 bits per heavy atom. The van der Waals surface area contributed by atoms with Crippen LogP contribution in [0.15, 0.2) is 47.4 Å². The molecule has 2 aliphatic heterocycles. The molecule has 2 amide bonds. The van der Waals surface area contributed by atoms with E-state index in [-0.39, 0.29) is 11.8 Å². The smallest absolute Gasteiger partial charge is 0.267 e. The Balaban J connectivity index is 1.58. The van der Waals surface area contributed by atoms with Gasteiger partial charge in [-0.05, 0) is 36.6 Å². The lowest BCUT2D eigenvalue weighted by molar-refractivity contribution is -0.122. The molecule has 33 heavy (non-hydrogen) atoms. The van der Waals surface area contributed by atoms with Crippen LogP contribution in [0.5, 0.6) is 11.5 Å². The van der Waals surface area contributed by atoms with Crippen LogP contribution in [-0.4, -0.2) is 48.3 Å². The number of anilines is 1. The second-order valence-corrected chi connectivity index (χ2v) is 9.44. The van der Waals surface area contributed by atoms with Crippen LogP contribution in [0.2, 0.25) is 0 Å². The van der Waals surface area contributed by atoms with Gasteiger partial charge in [-0.15, -0.1) is 0 Å². The maximum atomic E-state index is 13.4. The summed E-state index contributed by atoms with van der Waals surface area (Å²) in [5.41, 5.74) is 3.13. The summed E-state index contributed by atoms with van der Waals surface area (Å²) in [5, 5.41) is 0. The minimum atomic E-state index is -0.207. The highest BCUT2D eigenvalue weighted by Crippen LogP contribution is 2.44. The number of para-hydroxylation sites is 1. The molecule has 0 saturated carbocycles. The van der Waals surface area contributed by atoms with Crippen molar-refractivity contribution in [3.05, 3.63) is 58.5 Å². The third kappa shape index (κ3) is 4.37. The van der Waals surface area contributed by atoms with Crippen LogP contribution in [0.3, 0.4) is 0 Å². The van der Waals surface area contributed by atoms with E-state index >= 15 is 0 Å². The van der Waals surface area contributed by atoms with Crippen molar-refractivity contribution in [2.75, 3.05) is 32.2 Å². The first kappa shape index (κ1) is 23.3. The Morgan fingerprint density at radius 1 is 0.939 bits per heavy atom. The third-order valence-corrected chi connectivity index (χ3v) is 7.25. The Kier molecular flexibility index (Phi) is 7.05. The number of nitrogens with zero attached hydrogens (tertiary/aromatic N) is 2. The summed E-state index contributed by atoms with van der Waals surface area (Å²) in [6.07, 6.45) is 2.49. The van der Waals surface area contributed by atoms with Crippen molar-refractivity contribution in [3.63, 3.8) is 0 Å². The average molecular weight is 483 g/mol. The van der Waals surface area contributed by atoms with E-state index in [1.807, 2.05) is 42.5 Å². The molecule has 0 aromatic heterocycles. The first-order valence-electron chi connectivity index (χ1n) is 10.9. The number of benzene rings is 2. The molecule has 0 atom stereocenters. The van der Waals surface area contributed by atoms with E-state index in [1.165, 1.54) is 11.8 Å². The molecule has 0 bridgehead atoms. The molecular weight excluding hydrogens is 456 g/mol. The summed E-state index contributed by atoms with van der Waals surface area (Å²) in [7, 11) is 3.19. The van der Waals surface area contributed by atoms with Gasteiger partial charge in [0.1, 0.15) is 4.32 Å². The molecule has 1 saturated heterocycles. The molecule has 2 heterocycles. The summed E-state index contributed by atoms with van der Waals surface area (Å²) in [6, 6.07) is 13.4. The van der Waals surface area contributed by atoms with Gasteiger partial charge in [0.25, 0.3) is 11.8 Å². The largest absolute Gasteiger partial charge is 0.493 e. The number of methoxy groups -OCH3 is 2. The van der Waals surface area contributed by atoms with Gasteiger partial charge < -0.3 is 14.4 Å². The van der Waals surface area contributed by atoms with Crippen molar-refractivity contribution in [2.24, 2.45) is 0 Å². The number of thiocarbonyl (C=S) groups is 1. The Morgan fingerprint density at radius 2 is 1.70 bits per heavy atom. The van der Waals surface area contributed by atoms with Crippen molar-refractivity contribution in [3.8, 4) is 11.5 Å². The first-order valence-corrected chi connectivity index (χ1v) is 12.1. The zero-order chi connectivity index (χ0) is 23.5. The van der Waals surface area contributed by atoms with Crippen molar-refractivity contribution in [2.45, 2.75) is 26.2 Å². The number of fused-ring (bicyclic) bond motifs is 1. The molecule has 0 aliphatic carbocycles. The van der Waals surface area contributed by atoms with E-state index in [0.717, 1.165) is 29.7 Å². The summed E-state index contributed by atoms with van der Waals surface area (Å²) in [4.78, 5) is 30.5. The second kappa shape index (κ2) is 9.97. The van der Waals surface area contributed by atoms with Crippen LogP contribution in [0.1, 0.15) is 30.9 Å². The van der Waals surface area contributed by atoms with Gasteiger partial charge in [-0.25, -0.2) is 0 Å². The first-order chi connectivity index (χ1) is 16.0. The summed E-state index contributed by atoms with van der Waals surface area (Å²) < 4.78 is 11.1. The lowest BCUT2D eigenvalue weighted by atomic mass is 10.1. The van der Waals surface area contributed by atoms with Gasteiger partial charge in [0.05, 0.1) is 30.4 Å². The molecule has 172 valence electrons. The fraction of sp³-hybridized carbons (Fsp3) is 0.320. The van der Waals surface area contributed by atoms with E-state index in [4.69, 9.17) is 21.7 Å². The van der Waals surface area contributed by atoms with E-state index in [0.29, 0.717) is 45.8 Å². The van der Waals surface area contributed by atoms with Crippen LogP contribution >= 0.6 is 24.0 Å². The van der Waals surface area contributed by atoms with Gasteiger partial charge in [0.15, 0.2) is 11.5 Å². The summed E-state index contributed by atoms with van der Waals surface area (Å²) >= 11 is 6.75. The number of hydrogen-bond donors (Lipinski definition) is 0. The molecule has 1 fully saturated rings. The number of carbonyl (C=O) groups is 2. The number of ether oxygens (including phenoxy) is 2. The van der Waals surface area contributed by atoms with Crippen molar-refractivity contribution >= 4 is 51.4 Å². The molecule has 0 N–H and O–H groups in total. The molecule has 6 nitrogen and oxygen atoms in total. The molecule has 2 aliphatic rings. The Labute approximate surface area is 203 Å². The summed E-state index contributed by atoms with van der Waals surface area (Å²) in [6.45, 7) is 3.15. The van der Waals surface area contributed by atoms with E-state index in [1.54, 1.807) is 24.0 Å². The van der Waals surface area contributed by atoms with Crippen molar-refractivity contribution in [1.82, 2.24) is 4.90 Å². The maximum Gasteiger partial charge on any atom is 0.267 e. The number of amides is 2. The maximum absolute atomic E-state index is 13.4. The van der Waals surface area contributed by atoms with E-state index in [2.05, 4.69) is 6.92 Å². The van der Waals surface area contributed by atoms with Crippen LogP contribution in [0.4, 0.5) is 5.69 Å². The topological polar surface area (TPSA) is 59.1 Å². The van der Waals surface area contributed by atoms with Gasteiger partial charge in [-0.2, -0.15) is 0 Å². The molecule has 0 spiro atoms. The quantitative estimate of drug-likeness (QED) is 0.403. The SMILES string of the molecule is CCCCN1C(=O)C(=C2SC(=S)N(CCc3ccc(OC)c(OC)c3)C2=O)c2ccccc21. The average Bonchev–Trinajstić information content (AvgIpc) is 3.27. The molecule has 0 unspecified atom stereocenters. The molecule has 4 rings (SSSR count). The van der Waals surface area contributed by atoms with E-state index < -0.39 is 0 Å². The van der Waals surface area contributed by atoms with Gasteiger partial charge in [0, 0.05) is 18.7 Å². The highest BCUT2D eigenvalue weighted by atomic mass is 32.2. The van der Waals surface area contributed by atoms with Crippen LogP contribution in [0.25, 0.3) is 5.57 Å². The predicted octanol–water partition coefficient (Wildman–Crippen LogP) is 4.66. The fourth-order valence-electron chi connectivity index (χ4n) is 4.06. The molecule has 2 aromatic rings. The van der Waals surface area contributed by atoms with Crippen LogP contribution < -0.4 is 14.4 Å². The number of thioether (sulfide) groups is 1. The fourth-order valence-corrected chi connectivity index (χ4v) is 5.44. The Hall–Kier alpha value is -2.84. The number of rotatable bonds is 8. The molecular formula is C25H26N2O4S2. The minimum Gasteiger partial charge on any atom is -0.493 e. The standard InChI is InChI=1S/C25H26N2O4S2/c1-4-5-13-26-18-9-7-6-8-17(18)21(23(26)28)22-24(29)27(25(32)33-22)14-12-16-10-11-19(30-2)20(15-16)31-3/h6-11,15H,4-5,12-14H2,1-3H3. The van der Waals surface area contributed by atoms with Gasteiger partial charge >= 0.3 is 0 Å². The van der Waals surface area contributed by atoms with Gasteiger partial charge in [0.2, 0.25) is 0 Å². The van der Waals surface area contributed by atoms with Crippen molar-refractivity contribution in [1.29, 1.82) is 0 Å². The summed E-state index contributed by atoms with van der Waals surface area (Å²) in [5.74, 6) is 0.969. The zero-order valence-corrected chi connectivity index (χ0v) is 20.6. The molecule has 0 radical (unpaired) electrons. The zero-order valence-electron chi connectivity index (χ0n) is 18.9. The minimum absolute atomic E-state index is 0.120. The number of carbonyl (C=O) groups excluding carboxylic acids is 2. The van der Waals surface area contributed by atoms with Crippen LogP contribution in [-0.2, 0) is 16.0 Å². The monoisotopic (exact) mass is 482 g/mol. The lowest BCUT2D eigenvalue weighted by Crippen LogP contribution is -2.31. The van der Waals surface area contributed by atoms with Crippen LogP contribution in [0, 0.1) is 0 Å². The van der Waals surface area contributed by atoms with Gasteiger partial charge in [-0.1, -0.05) is 61.6 Å². The van der Waals surface area contributed by atoms with Gasteiger partial charge in [-0.3, -0.25) is 14.5 Å². The highest BCUT2D eigenvalue weighted by Gasteiger charge is 2.41. The normalized spacial score (nSPS) is 17.7. The third-order valence-electron chi connectivity index (χ3n) is 5.81. The van der Waals surface area contributed by atoms with Crippen molar-refractivity contribution < 1.29 is 19.1 Å². The predicted molar refractivity (Wildman–Crippen MR) is 136 cm³/mol. The lowest BCUT2D eigenvalue weighted by Gasteiger charge is -2.16.